The zero-order chi connectivity index (χ0) is 57.4. The van der Waals surface area contributed by atoms with Gasteiger partial charge < -0.3 is 69.3 Å². The number of aromatic hydroxyl groups is 1. The highest BCUT2D eigenvalue weighted by molar-refractivity contribution is 5.98. The van der Waals surface area contributed by atoms with Crippen LogP contribution in [-0.2, 0) is 62.4 Å². The summed E-state index contributed by atoms with van der Waals surface area (Å²) in [5, 5.41) is 50.9. The first-order valence-electron chi connectivity index (χ1n) is 26.0. The van der Waals surface area contributed by atoms with Crippen molar-refractivity contribution in [3.05, 3.63) is 102 Å². The van der Waals surface area contributed by atoms with Crippen molar-refractivity contribution in [2.45, 2.75) is 160 Å². The third-order valence-corrected chi connectivity index (χ3v) is 12.4. The number of carboxylic acid groups (broad SMARTS) is 1. The Labute approximate surface area is 450 Å². The van der Waals surface area contributed by atoms with E-state index in [0.29, 0.717) is 36.9 Å². The first-order valence-corrected chi connectivity index (χ1v) is 26.0. The van der Waals surface area contributed by atoms with Crippen molar-refractivity contribution < 1.29 is 58.5 Å². The van der Waals surface area contributed by atoms with Gasteiger partial charge in [-0.3, -0.25) is 43.2 Å². The fourth-order valence-electron chi connectivity index (χ4n) is 8.04. The Balaban J connectivity index is 1.89. The Bertz CT molecular complexity index is 2410. The summed E-state index contributed by atoms with van der Waals surface area (Å²) in [5.41, 5.74) is 13.7. The lowest BCUT2D eigenvalue weighted by Crippen LogP contribution is -2.62. The van der Waals surface area contributed by atoms with Crippen LogP contribution in [0.1, 0.15) is 97.3 Å². The fraction of sp³-hybridized carbons (Fsp3) is 0.509. The highest BCUT2D eigenvalue weighted by atomic mass is 16.4. The summed E-state index contributed by atoms with van der Waals surface area (Å²) in [5.74, 6) is -8.13. The summed E-state index contributed by atoms with van der Waals surface area (Å²) in [4.78, 5) is 123. The van der Waals surface area contributed by atoms with Crippen molar-refractivity contribution >= 4 is 53.2 Å². The molecular formula is C55H80N10O12. The van der Waals surface area contributed by atoms with Gasteiger partial charge in [-0.1, -0.05) is 107 Å². The van der Waals surface area contributed by atoms with Crippen LogP contribution in [0.2, 0.25) is 0 Å². The third-order valence-electron chi connectivity index (χ3n) is 12.4. The molecule has 0 heterocycles. The van der Waals surface area contributed by atoms with E-state index >= 15 is 0 Å². The van der Waals surface area contributed by atoms with Gasteiger partial charge in [0.2, 0.25) is 47.3 Å². The maximum Gasteiger partial charge on any atom is 0.325 e. The van der Waals surface area contributed by atoms with E-state index in [-0.39, 0.29) is 49.7 Å². The number of benzene rings is 3. The number of hydrogen-bond donors (Lipinski definition) is 13. The Morgan fingerprint density at radius 1 is 0.455 bits per heavy atom. The molecule has 0 aliphatic heterocycles. The van der Waals surface area contributed by atoms with Gasteiger partial charge in [0, 0.05) is 19.3 Å². The van der Waals surface area contributed by atoms with Crippen LogP contribution in [0.3, 0.4) is 0 Å². The minimum atomic E-state index is -1.65. The van der Waals surface area contributed by atoms with Gasteiger partial charge >= 0.3 is 5.97 Å². The minimum absolute atomic E-state index is 0.00945. The number of phenols is 1. The number of aliphatic carboxylic acids is 1. The fourth-order valence-corrected chi connectivity index (χ4v) is 8.04. The Morgan fingerprint density at radius 3 is 1.27 bits per heavy atom. The van der Waals surface area contributed by atoms with E-state index in [4.69, 9.17) is 11.5 Å². The molecule has 422 valence electrons. The molecule has 8 amide bonds. The molecule has 0 aliphatic rings. The van der Waals surface area contributed by atoms with E-state index < -0.39 is 114 Å². The summed E-state index contributed by atoms with van der Waals surface area (Å²) < 4.78 is 0. The maximum absolute atomic E-state index is 14.4. The van der Waals surface area contributed by atoms with Crippen LogP contribution in [0, 0.1) is 11.8 Å². The molecule has 0 spiro atoms. The van der Waals surface area contributed by atoms with Crippen molar-refractivity contribution in [2.24, 2.45) is 23.3 Å². The van der Waals surface area contributed by atoms with Crippen molar-refractivity contribution in [3.8, 4) is 5.75 Å². The van der Waals surface area contributed by atoms with Gasteiger partial charge in [-0.25, -0.2) is 0 Å². The topological polar surface area (TPSA) is 363 Å². The first kappa shape index (κ1) is 63.9. The number of carbonyl (C=O) groups excluding carboxylic acids is 8. The van der Waals surface area contributed by atoms with Gasteiger partial charge in [0.1, 0.15) is 54.1 Å². The van der Waals surface area contributed by atoms with Crippen LogP contribution >= 0.6 is 0 Å². The predicted octanol–water partition coefficient (Wildman–Crippen LogP) is 0.352. The van der Waals surface area contributed by atoms with Crippen LogP contribution in [0.25, 0.3) is 0 Å². The van der Waals surface area contributed by atoms with Gasteiger partial charge in [-0.15, -0.1) is 0 Å². The Hall–Kier alpha value is -7.43. The molecule has 3 rings (SSSR count). The van der Waals surface area contributed by atoms with Gasteiger partial charge in [0.05, 0.1) is 12.1 Å². The van der Waals surface area contributed by atoms with E-state index in [0.717, 1.165) is 5.56 Å². The molecule has 0 bridgehead atoms. The number of phenolic OH excluding ortho intramolecular Hbond substituents is 1. The molecule has 0 saturated carbocycles. The maximum atomic E-state index is 14.4. The van der Waals surface area contributed by atoms with Gasteiger partial charge in [-0.05, 0) is 93.7 Å². The number of carboxylic acids is 1. The highest BCUT2D eigenvalue weighted by Gasteiger charge is 2.36. The van der Waals surface area contributed by atoms with Gasteiger partial charge in [-0.2, -0.15) is 0 Å². The van der Waals surface area contributed by atoms with Gasteiger partial charge in [0.25, 0.3) is 0 Å². The molecule has 0 radical (unpaired) electrons. The standard InChI is InChI=1S/C55H80N10O12/c1-31(2)26-41(49(70)59-34(6)55(76)77)64-54(75)46(35(7)66)65-53(74)42(27-32(3)4)62-51(72)44(30-38-21-23-39(67)24-22-38)60-47(68)33(5)58-50(71)43(28-36-16-10-8-11-17-36)63-52(73)45(29-37-18-12-9-13-19-37)61-48(69)40(57)20-14-15-25-56/h8-13,16-19,21-24,31-35,40-46,66-67H,14-15,20,25-30,56-57H2,1-7H3,(H,58,71)(H,59,70)(H,60,68)(H,61,69)(H,62,72)(H,63,73)(H,64,75)(H,65,74)(H,76,77)/t33-,34-,35+,40-,41-,42-,43-,44-,45-,46-/m0/s1. The molecule has 22 nitrogen and oxygen atoms in total. The molecule has 0 saturated heterocycles. The molecule has 3 aromatic carbocycles. The zero-order valence-corrected chi connectivity index (χ0v) is 45.0. The largest absolute Gasteiger partial charge is 0.508 e. The van der Waals surface area contributed by atoms with Crippen molar-refractivity contribution in [3.63, 3.8) is 0 Å². The Morgan fingerprint density at radius 2 is 0.831 bits per heavy atom. The number of nitrogens with two attached hydrogens (primary N) is 2. The summed E-state index contributed by atoms with van der Waals surface area (Å²) in [6.45, 7) is 11.4. The van der Waals surface area contributed by atoms with Crippen molar-refractivity contribution in [2.75, 3.05) is 6.54 Å². The lowest BCUT2D eigenvalue weighted by molar-refractivity contribution is -0.142. The smallest absolute Gasteiger partial charge is 0.325 e. The van der Waals surface area contributed by atoms with Crippen LogP contribution < -0.4 is 54.0 Å². The number of nitrogens with one attached hydrogen (secondary N) is 8. The number of aliphatic hydroxyl groups excluding tert-OH is 1. The molecular weight excluding hydrogens is 993 g/mol. The van der Waals surface area contributed by atoms with E-state index in [1.807, 2.05) is 0 Å². The number of rotatable bonds is 32. The number of unbranched alkanes of at least 4 members (excludes halogenated alkanes) is 1. The molecule has 10 atom stereocenters. The normalized spacial score (nSPS) is 15.1. The Kier molecular flexibility index (Phi) is 26.7. The zero-order valence-electron chi connectivity index (χ0n) is 45.0. The monoisotopic (exact) mass is 1070 g/mol. The van der Waals surface area contributed by atoms with Crippen LogP contribution in [0.15, 0.2) is 84.9 Å². The molecule has 0 aromatic heterocycles. The lowest BCUT2D eigenvalue weighted by Gasteiger charge is -2.29. The second-order valence-electron chi connectivity index (χ2n) is 20.2. The van der Waals surface area contributed by atoms with Crippen molar-refractivity contribution in [1.82, 2.24) is 42.5 Å². The average Bonchev–Trinajstić information content (AvgIpc) is 3.37. The summed E-state index contributed by atoms with van der Waals surface area (Å²) in [7, 11) is 0. The van der Waals surface area contributed by atoms with E-state index in [1.165, 1.54) is 45.0 Å². The van der Waals surface area contributed by atoms with Crippen molar-refractivity contribution in [1.29, 1.82) is 0 Å². The van der Waals surface area contributed by atoms with E-state index in [9.17, 15) is 58.5 Å². The quantitative estimate of drug-likeness (QED) is 0.0376. The van der Waals surface area contributed by atoms with Crippen LogP contribution in [0.5, 0.6) is 5.75 Å². The van der Waals surface area contributed by atoms with Crippen LogP contribution in [0.4, 0.5) is 0 Å². The van der Waals surface area contributed by atoms with Crippen LogP contribution in [-0.4, -0.2) is 136 Å². The predicted molar refractivity (Wildman–Crippen MR) is 288 cm³/mol. The summed E-state index contributed by atoms with van der Waals surface area (Å²) >= 11 is 0. The number of hydrogen-bond acceptors (Lipinski definition) is 13. The highest BCUT2D eigenvalue weighted by Crippen LogP contribution is 2.15. The summed E-state index contributed by atoms with van der Waals surface area (Å²) in [6.07, 6.45) is 0.0168. The molecule has 77 heavy (non-hydrogen) atoms. The SMILES string of the molecule is CC(C)C[C@H](NC(=O)[C@H](Cc1ccc(O)cc1)NC(=O)[C@H](C)NC(=O)[C@H](Cc1ccccc1)NC(=O)[C@H](Cc1ccccc1)NC(=O)[C@@H](N)CCCCN)C(=O)N[C@H](C(=O)N[C@@H](CC(C)C)C(=O)N[C@@H](C)C(=O)O)[C@@H](C)O. The van der Waals surface area contributed by atoms with E-state index in [2.05, 4.69) is 42.5 Å². The van der Waals surface area contributed by atoms with E-state index in [1.54, 1.807) is 88.4 Å². The molecule has 0 aliphatic carbocycles. The van der Waals surface area contributed by atoms with Gasteiger partial charge in [0.15, 0.2) is 0 Å². The number of carbonyl (C=O) groups is 9. The molecule has 22 heteroatoms. The number of amides is 8. The molecule has 3 aromatic rings. The second-order valence-corrected chi connectivity index (χ2v) is 20.2. The lowest BCUT2D eigenvalue weighted by atomic mass is 9.99. The minimum Gasteiger partial charge on any atom is -0.508 e. The molecule has 15 N–H and O–H groups in total. The number of aliphatic hydroxyl groups is 1. The first-order chi connectivity index (χ1) is 36.4. The molecule has 0 unspecified atom stereocenters. The second kappa shape index (κ2) is 32.2. The molecule has 0 fully saturated rings. The average molecular weight is 1070 g/mol. The summed E-state index contributed by atoms with van der Waals surface area (Å²) in [6, 6.07) is 11.9. The third kappa shape index (κ3) is 22.8.